The van der Waals surface area contributed by atoms with E-state index in [1.165, 1.54) is 0 Å². The van der Waals surface area contributed by atoms with Crippen molar-refractivity contribution in [3.63, 3.8) is 0 Å². The van der Waals surface area contributed by atoms with Gasteiger partial charge in [0.15, 0.2) is 0 Å². The molecular weight excluding hydrogens is 200 g/mol. The molecule has 2 rings (SSSR count). The van der Waals surface area contributed by atoms with Crippen LogP contribution < -0.4 is 0 Å². The van der Waals surface area contributed by atoms with Gasteiger partial charge in [0.2, 0.25) is 0 Å². The minimum absolute atomic E-state index is 0.493. The van der Waals surface area contributed by atoms with Gasteiger partial charge in [0.1, 0.15) is 0 Å². The summed E-state index contributed by atoms with van der Waals surface area (Å²) >= 11 is 0. The highest BCUT2D eigenvalue weighted by atomic mass is 16.3. The van der Waals surface area contributed by atoms with Crippen LogP contribution >= 0.6 is 0 Å². The lowest BCUT2D eigenvalue weighted by molar-refractivity contribution is 0.197. The largest absolute Gasteiger partial charge is 0.389 e. The first-order valence-corrected chi connectivity index (χ1v) is 5.49. The predicted octanol–water partition coefficient (Wildman–Crippen LogP) is 2.95. The van der Waals surface area contributed by atoms with Crippen LogP contribution in [0.4, 0.5) is 0 Å². The fraction of sp³-hybridized carbons (Fsp3) is 0.286. The van der Waals surface area contributed by atoms with Crippen LogP contribution in [0.2, 0.25) is 0 Å². The Morgan fingerprint density at radius 2 is 1.12 bits per heavy atom. The van der Waals surface area contributed by atoms with Crippen LogP contribution in [-0.2, 0) is 0 Å². The maximum atomic E-state index is 9.69. The van der Waals surface area contributed by atoms with Gasteiger partial charge in [-0.2, -0.15) is 0 Å². The summed E-state index contributed by atoms with van der Waals surface area (Å²) in [6, 6.07) is 11.6. The monoisotopic (exact) mass is 216 g/mol. The molecule has 2 N–H and O–H groups in total. The molecule has 0 fully saturated rings. The topological polar surface area (TPSA) is 40.5 Å². The normalized spacial score (nSPS) is 15.0. The summed E-state index contributed by atoms with van der Waals surface area (Å²) in [6.45, 7) is 3.51. The molecule has 2 heteroatoms. The van der Waals surface area contributed by atoms with Crippen LogP contribution in [0.25, 0.3) is 10.8 Å². The Hall–Kier alpha value is -1.38. The van der Waals surface area contributed by atoms with E-state index in [9.17, 15) is 10.2 Å². The molecule has 0 saturated carbocycles. The molecule has 2 aromatic rings. The molecule has 2 nitrogen and oxygen atoms in total. The Bertz CT molecular complexity index is 455. The SMILES string of the molecule is CC(O)c1ccc(C(C)O)c2ccccc12. The summed E-state index contributed by atoms with van der Waals surface area (Å²) in [6.07, 6.45) is -0.985. The lowest BCUT2D eigenvalue weighted by Crippen LogP contribution is -1.98. The van der Waals surface area contributed by atoms with Crippen molar-refractivity contribution in [3.8, 4) is 0 Å². The molecule has 84 valence electrons. The van der Waals surface area contributed by atoms with Crippen LogP contribution in [-0.4, -0.2) is 10.2 Å². The maximum Gasteiger partial charge on any atom is 0.0767 e. The van der Waals surface area contributed by atoms with Crippen LogP contribution in [0.15, 0.2) is 36.4 Å². The number of rotatable bonds is 2. The highest BCUT2D eigenvalue weighted by Gasteiger charge is 2.11. The molecule has 2 unspecified atom stereocenters. The molecule has 0 radical (unpaired) electrons. The molecule has 0 aliphatic heterocycles. The standard InChI is InChI=1S/C14H16O2/c1-9(15)11-7-8-12(10(2)16)14-6-4-3-5-13(11)14/h3-10,15-16H,1-2H3. The first kappa shape index (κ1) is 11.1. The Balaban J connectivity index is 2.77. The van der Waals surface area contributed by atoms with Gasteiger partial charge in [-0.25, -0.2) is 0 Å². The minimum atomic E-state index is -0.493. The van der Waals surface area contributed by atoms with Crippen LogP contribution in [0.1, 0.15) is 37.2 Å². The Kier molecular flexibility index (Phi) is 2.95. The van der Waals surface area contributed by atoms with Crippen molar-refractivity contribution in [3.05, 3.63) is 47.5 Å². The number of fused-ring (bicyclic) bond motifs is 1. The van der Waals surface area contributed by atoms with Crippen molar-refractivity contribution in [1.82, 2.24) is 0 Å². The van der Waals surface area contributed by atoms with Gasteiger partial charge >= 0.3 is 0 Å². The van der Waals surface area contributed by atoms with Gasteiger partial charge in [0.05, 0.1) is 12.2 Å². The molecule has 0 bridgehead atoms. The van der Waals surface area contributed by atoms with Crippen LogP contribution in [0.5, 0.6) is 0 Å². The van der Waals surface area contributed by atoms with E-state index in [1.807, 2.05) is 36.4 Å². The molecule has 0 amide bonds. The molecule has 0 saturated heterocycles. The minimum Gasteiger partial charge on any atom is -0.389 e. The molecule has 0 aliphatic rings. The molecule has 0 heterocycles. The first-order valence-electron chi connectivity index (χ1n) is 5.49. The molecule has 2 aromatic carbocycles. The second-order valence-corrected chi connectivity index (χ2v) is 4.14. The van der Waals surface area contributed by atoms with Gasteiger partial charge in [-0.1, -0.05) is 36.4 Å². The second kappa shape index (κ2) is 4.24. The Labute approximate surface area is 95.2 Å². The molecule has 16 heavy (non-hydrogen) atoms. The molecule has 2 atom stereocenters. The number of benzene rings is 2. The fourth-order valence-corrected chi connectivity index (χ4v) is 2.07. The van der Waals surface area contributed by atoms with Crippen molar-refractivity contribution in [2.75, 3.05) is 0 Å². The van der Waals surface area contributed by atoms with E-state index in [2.05, 4.69) is 0 Å². The van der Waals surface area contributed by atoms with E-state index in [-0.39, 0.29) is 0 Å². The summed E-state index contributed by atoms with van der Waals surface area (Å²) in [7, 11) is 0. The van der Waals surface area contributed by atoms with Gasteiger partial charge in [-0.3, -0.25) is 0 Å². The third-order valence-corrected chi connectivity index (χ3v) is 2.89. The zero-order chi connectivity index (χ0) is 11.7. The molecule has 0 aliphatic carbocycles. The predicted molar refractivity (Wildman–Crippen MR) is 65.2 cm³/mol. The highest BCUT2D eigenvalue weighted by Crippen LogP contribution is 2.29. The summed E-state index contributed by atoms with van der Waals surface area (Å²) < 4.78 is 0. The average Bonchev–Trinajstić information content (AvgIpc) is 2.27. The first-order chi connectivity index (χ1) is 7.61. The van der Waals surface area contributed by atoms with E-state index >= 15 is 0 Å². The summed E-state index contributed by atoms with van der Waals surface area (Å²) in [5.74, 6) is 0. The third-order valence-electron chi connectivity index (χ3n) is 2.89. The Morgan fingerprint density at radius 1 is 0.750 bits per heavy atom. The summed E-state index contributed by atoms with van der Waals surface area (Å²) in [5, 5.41) is 21.4. The van der Waals surface area contributed by atoms with E-state index in [0.717, 1.165) is 21.9 Å². The van der Waals surface area contributed by atoms with Gasteiger partial charge in [-0.15, -0.1) is 0 Å². The van der Waals surface area contributed by atoms with Crippen molar-refractivity contribution in [2.24, 2.45) is 0 Å². The van der Waals surface area contributed by atoms with Gasteiger partial charge in [-0.05, 0) is 35.7 Å². The van der Waals surface area contributed by atoms with E-state index in [4.69, 9.17) is 0 Å². The zero-order valence-corrected chi connectivity index (χ0v) is 9.51. The highest BCUT2D eigenvalue weighted by molar-refractivity contribution is 5.89. The lowest BCUT2D eigenvalue weighted by Gasteiger charge is -2.14. The number of hydrogen-bond donors (Lipinski definition) is 2. The van der Waals surface area contributed by atoms with Crippen molar-refractivity contribution in [2.45, 2.75) is 26.1 Å². The van der Waals surface area contributed by atoms with Crippen molar-refractivity contribution in [1.29, 1.82) is 0 Å². The molecule has 0 spiro atoms. The second-order valence-electron chi connectivity index (χ2n) is 4.14. The Morgan fingerprint density at radius 3 is 1.44 bits per heavy atom. The van der Waals surface area contributed by atoms with E-state index in [1.54, 1.807) is 13.8 Å². The van der Waals surface area contributed by atoms with Gasteiger partial charge in [0, 0.05) is 0 Å². The maximum absolute atomic E-state index is 9.69. The average molecular weight is 216 g/mol. The molecule has 0 aromatic heterocycles. The van der Waals surface area contributed by atoms with Crippen molar-refractivity contribution < 1.29 is 10.2 Å². The number of aliphatic hydroxyl groups is 2. The van der Waals surface area contributed by atoms with E-state index in [0.29, 0.717) is 0 Å². The lowest BCUT2D eigenvalue weighted by atomic mass is 9.95. The zero-order valence-electron chi connectivity index (χ0n) is 9.51. The summed E-state index contributed by atoms with van der Waals surface area (Å²) in [5.41, 5.74) is 1.81. The smallest absolute Gasteiger partial charge is 0.0767 e. The van der Waals surface area contributed by atoms with Crippen LogP contribution in [0.3, 0.4) is 0 Å². The third kappa shape index (κ3) is 1.82. The quantitative estimate of drug-likeness (QED) is 0.810. The van der Waals surface area contributed by atoms with Crippen LogP contribution in [0, 0.1) is 0 Å². The number of hydrogen-bond acceptors (Lipinski definition) is 2. The fourth-order valence-electron chi connectivity index (χ4n) is 2.07. The molecular formula is C14H16O2. The number of aliphatic hydroxyl groups excluding tert-OH is 2. The van der Waals surface area contributed by atoms with Gasteiger partial charge in [0.25, 0.3) is 0 Å². The van der Waals surface area contributed by atoms with E-state index < -0.39 is 12.2 Å². The van der Waals surface area contributed by atoms with Crippen molar-refractivity contribution >= 4 is 10.8 Å². The summed E-state index contributed by atoms with van der Waals surface area (Å²) in [4.78, 5) is 0. The van der Waals surface area contributed by atoms with Gasteiger partial charge < -0.3 is 10.2 Å².